The van der Waals surface area contributed by atoms with E-state index in [0.29, 0.717) is 12.1 Å². The first-order chi connectivity index (χ1) is 5.01. The number of hydrogen-bond donors (Lipinski definition) is 2. The fraction of sp³-hybridized carbons (Fsp3) is 1.00. The Morgan fingerprint density at radius 1 is 1.55 bits per heavy atom. The number of nitrogens with one attached hydrogen (secondary N) is 1. The van der Waals surface area contributed by atoms with Gasteiger partial charge in [0.1, 0.15) is 3.61 Å². The van der Waals surface area contributed by atoms with E-state index >= 15 is 0 Å². The fourth-order valence-corrected chi connectivity index (χ4v) is 1.73. The lowest BCUT2D eigenvalue weighted by atomic mass is 9.90. The number of rotatable bonds is 3. The molecule has 1 aliphatic carbocycles. The van der Waals surface area contributed by atoms with E-state index in [1.165, 1.54) is 0 Å². The minimum atomic E-state index is -0.0238. The minimum absolute atomic E-state index is 0.0238. The maximum absolute atomic E-state index is 5.72. The second kappa shape index (κ2) is 3.81. The van der Waals surface area contributed by atoms with E-state index in [2.05, 4.69) is 54.0 Å². The highest BCUT2D eigenvalue weighted by molar-refractivity contribution is 14.1. The van der Waals surface area contributed by atoms with E-state index in [4.69, 9.17) is 4.74 Å². The summed E-state index contributed by atoms with van der Waals surface area (Å²) in [6.45, 7) is 4.16. The van der Waals surface area contributed by atoms with Gasteiger partial charge in [-0.15, -0.1) is 0 Å². The van der Waals surface area contributed by atoms with Crippen molar-refractivity contribution in [3.05, 3.63) is 0 Å². The maximum Gasteiger partial charge on any atom is 0.113 e. The number of alkyl halides is 1. The first-order valence-electron chi connectivity index (χ1n) is 3.77. The Balaban J connectivity index is 2.14. The normalized spacial score (nSPS) is 31.6. The van der Waals surface area contributed by atoms with E-state index in [1.807, 2.05) is 0 Å². The zero-order chi connectivity index (χ0) is 8.48. The summed E-state index contributed by atoms with van der Waals surface area (Å²) in [4.78, 5) is 0. The molecule has 4 heteroatoms. The molecule has 0 heterocycles. The van der Waals surface area contributed by atoms with Gasteiger partial charge in [-0.05, 0) is 49.3 Å². The van der Waals surface area contributed by atoms with Crippen molar-refractivity contribution in [1.82, 2.24) is 4.72 Å². The molecule has 0 aromatic carbocycles. The van der Waals surface area contributed by atoms with Crippen molar-refractivity contribution in [3.8, 4) is 0 Å². The second-order valence-corrected chi connectivity index (χ2v) is 6.26. The maximum atomic E-state index is 5.72. The molecular weight excluding hydrogens is 273 g/mol. The highest BCUT2D eigenvalue weighted by atomic mass is 127. The molecule has 0 aliphatic heterocycles. The van der Waals surface area contributed by atoms with Crippen LogP contribution in [0.4, 0.5) is 0 Å². The first-order valence-corrected chi connectivity index (χ1v) is 5.30. The van der Waals surface area contributed by atoms with Gasteiger partial charge >= 0.3 is 0 Å². The molecule has 2 nitrogen and oxygen atoms in total. The van der Waals surface area contributed by atoms with Gasteiger partial charge in [-0.2, -0.15) is 0 Å². The predicted molar refractivity (Wildman–Crippen MR) is 58.1 cm³/mol. The summed E-state index contributed by atoms with van der Waals surface area (Å²) in [6.07, 6.45) is 2.62. The molecule has 0 spiro atoms. The van der Waals surface area contributed by atoms with Gasteiger partial charge in [-0.1, -0.05) is 12.8 Å². The van der Waals surface area contributed by atoms with Gasteiger partial charge in [0.25, 0.3) is 0 Å². The Hall–Kier alpha value is 1.000. The Morgan fingerprint density at radius 3 is 2.45 bits per heavy atom. The van der Waals surface area contributed by atoms with Crippen LogP contribution in [0.5, 0.6) is 0 Å². The third-order valence-corrected chi connectivity index (χ3v) is 2.34. The molecule has 0 aromatic rings. The number of thiol groups is 1. The van der Waals surface area contributed by atoms with Crippen LogP contribution in [0.1, 0.15) is 26.7 Å². The molecule has 0 amide bonds. The van der Waals surface area contributed by atoms with Crippen LogP contribution in [-0.4, -0.2) is 15.8 Å². The Morgan fingerprint density at radius 2 is 2.09 bits per heavy atom. The summed E-state index contributed by atoms with van der Waals surface area (Å²) in [5.41, 5.74) is 0. The van der Waals surface area contributed by atoms with Crippen molar-refractivity contribution in [1.29, 1.82) is 0 Å². The van der Waals surface area contributed by atoms with Crippen molar-refractivity contribution in [3.63, 3.8) is 0 Å². The van der Waals surface area contributed by atoms with Gasteiger partial charge in [0.05, 0.1) is 6.10 Å². The second-order valence-electron chi connectivity index (χ2n) is 3.40. The van der Waals surface area contributed by atoms with E-state index < -0.39 is 0 Å². The van der Waals surface area contributed by atoms with E-state index in [0.717, 1.165) is 12.8 Å². The van der Waals surface area contributed by atoms with Gasteiger partial charge in [0.15, 0.2) is 0 Å². The summed E-state index contributed by atoms with van der Waals surface area (Å²) in [5.74, 6) is 0. The average molecular weight is 287 g/mol. The molecule has 0 aromatic heterocycles. The molecule has 1 rings (SSSR count). The van der Waals surface area contributed by atoms with Crippen LogP contribution in [0.25, 0.3) is 0 Å². The molecule has 66 valence electrons. The molecule has 0 unspecified atom stereocenters. The molecule has 0 bridgehead atoms. The standard InChI is InChI=1S/C7H14INOS/c1-7(2,8)10-6-3-5(4-6)9-11/h5-6,9,11H,3-4H2,1-2H3. The molecule has 1 aliphatic rings. The lowest BCUT2D eigenvalue weighted by molar-refractivity contribution is -0.0541. The van der Waals surface area contributed by atoms with Crippen molar-refractivity contribution < 1.29 is 4.74 Å². The van der Waals surface area contributed by atoms with Crippen molar-refractivity contribution in [2.75, 3.05) is 0 Å². The summed E-state index contributed by atoms with van der Waals surface area (Å²) >= 11 is 6.30. The number of ether oxygens (including phenoxy) is 1. The third kappa shape index (κ3) is 3.48. The summed E-state index contributed by atoms with van der Waals surface area (Å²) < 4.78 is 8.62. The van der Waals surface area contributed by atoms with Crippen LogP contribution in [-0.2, 0) is 4.74 Å². The number of halogens is 1. The minimum Gasteiger partial charge on any atom is -0.362 e. The van der Waals surface area contributed by atoms with Crippen LogP contribution in [0, 0.1) is 0 Å². The predicted octanol–water partition coefficient (Wildman–Crippen LogP) is 2.14. The SMILES string of the molecule is CC(C)(I)OC1CC(NS)C1. The summed E-state index contributed by atoms with van der Waals surface area (Å²) in [7, 11) is 0. The fourth-order valence-electron chi connectivity index (χ4n) is 1.16. The molecule has 0 radical (unpaired) electrons. The van der Waals surface area contributed by atoms with E-state index in [-0.39, 0.29) is 3.61 Å². The van der Waals surface area contributed by atoms with Crippen LogP contribution < -0.4 is 4.72 Å². The molecule has 1 saturated carbocycles. The molecule has 0 atom stereocenters. The van der Waals surface area contributed by atoms with Crippen molar-refractivity contribution in [2.24, 2.45) is 0 Å². The lowest BCUT2D eigenvalue weighted by Gasteiger charge is -2.37. The van der Waals surface area contributed by atoms with Crippen LogP contribution in [0.15, 0.2) is 0 Å². The van der Waals surface area contributed by atoms with Crippen molar-refractivity contribution >= 4 is 35.4 Å². The van der Waals surface area contributed by atoms with Crippen molar-refractivity contribution in [2.45, 2.75) is 42.4 Å². The molecule has 0 saturated heterocycles. The third-order valence-electron chi connectivity index (χ3n) is 1.72. The molecule has 11 heavy (non-hydrogen) atoms. The highest BCUT2D eigenvalue weighted by Gasteiger charge is 2.32. The van der Waals surface area contributed by atoms with Crippen LogP contribution >= 0.6 is 35.4 Å². The van der Waals surface area contributed by atoms with Gasteiger partial charge < -0.3 is 4.74 Å². The average Bonchev–Trinajstić information content (AvgIpc) is 1.75. The number of hydrogen-bond acceptors (Lipinski definition) is 3. The van der Waals surface area contributed by atoms with Crippen LogP contribution in [0.3, 0.4) is 0 Å². The Labute approximate surface area is 87.1 Å². The summed E-state index contributed by atoms with van der Waals surface area (Å²) in [5, 5.41) is 0. The van der Waals surface area contributed by atoms with E-state index in [9.17, 15) is 0 Å². The molecule has 1 fully saturated rings. The molecular formula is C7H14INOS. The first kappa shape index (κ1) is 10.1. The molecule has 1 N–H and O–H groups in total. The quantitative estimate of drug-likeness (QED) is 0.471. The van der Waals surface area contributed by atoms with Crippen LogP contribution in [0.2, 0.25) is 0 Å². The lowest BCUT2D eigenvalue weighted by Crippen LogP contribution is -2.44. The Kier molecular flexibility index (Phi) is 3.49. The van der Waals surface area contributed by atoms with Gasteiger partial charge in [-0.3, -0.25) is 4.72 Å². The monoisotopic (exact) mass is 287 g/mol. The zero-order valence-corrected chi connectivity index (χ0v) is 9.85. The smallest absolute Gasteiger partial charge is 0.113 e. The summed E-state index contributed by atoms with van der Waals surface area (Å²) in [6, 6.07) is 0.557. The van der Waals surface area contributed by atoms with Gasteiger partial charge in [0, 0.05) is 6.04 Å². The highest BCUT2D eigenvalue weighted by Crippen LogP contribution is 2.30. The van der Waals surface area contributed by atoms with E-state index in [1.54, 1.807) is 0 Å². The largest absolute Gasteiger partial charge is 0.362 e. The van der Waals surface area contributed by atoms with Gasteiger partial charge in [-0.25, -0.2) is 0 Å². The Bertz CT molecular complexity index is 131. The zero-order valence-electron chi connectivity index (χ0n) is 6.80. The van der Waals surface area contributed by atoms with Gasteiger partial charge in [0.2, 0.25) is 0 Å². The topological polar surface area (TPSA) is 21.3 Å².